The number of rotatable bonds is 3. The van der Waals surface area contributed by atoms with E-state index in [-0.39, 0.29) is 11.3 Å². The molecule has 0 bridgehead atoms. The summed E-state index contributed by atoms with van der Waals surface area (Å²) in [4.78, 5) is 16.4. The van der Waals surface area contributed by atoms with Crippen LogP contribution in [0.5, 0.6) is 0 Å². The number of aromatic nitrogens is 1. The predicted molar refractivity (Wildman–Crippen MR) is 83.2 cm³/mol. The Morgan fingerprint density at radius 3 is 2.70 bits per heavy atom. The van der Waals surface area contributed by atoms with E-state index in [1.54, 1.807) is 6.07 Å². The highest BCUT2D eigenvalue weighted by molar-refractivity contribution is 6.35. The van der Waals surface area contributed by atoms with Crippen molar-refractivity contribution in [1.82, 2.24) is 10.3 Å². The van der Waals surface area contributed by atoms with Crippen molar-refractivity contribution in [2.75, 3.05) is 6.54 Å². The molecule has 1 N–H and O–H groups in total. The minimum atomic E-state index is -0.179. The summed E-state index contributed by atoms with van der Waals surface area (Å²) >= 11 is 6.19. The van der Waals surface area contributed by atoms with E-state index in [1.165, 1.54) is 0 Å². The Morgan fingerprint density at radius 1 is 1.30 bits per heavy atom. The lowest BCUT2D eigenvalue weighted by Crippen LogP contribution is -2.28. The second kappa shape index (κ2) is 5.80. The first-order valence-electron chi connectivity index (χ1n) is 6.70. The van der Waals surface area contributed by atoms with Crippen LogP contribution in [0.4, 0.5) is 0 Å². The molecule has 1 heterocycles. The number of carbonyl (C=O) groups is 1. The Hall–Kier alpha value is -1.61. The van der Waals surface area contributed by atoms with Gasteiger partial charge in [-0.05, 0) is 24.0 Å². The van der Waals surface area contributed by atoms with Crippen LogP contribution in [-0.4, -0.2) is 17.4 Å². The van der Waals surface area contributed by atoms with Crippen LogP contribution < -0.4 is 5.32 Å². The van der Waals surface area contributed by atoms with E-state index in [0.29, 0.717) is 17.3 Å². The number of para-hydroxylation sites is 1. The van der Waals surface area contributed by atoms with E-state index in [2.05, 4.69) is 31.1 Å². The zero-order chi connectivity index (χ0) is 14.8. The molecule has 0 aliphatic heterocycles. The first-order valence-corrected chi connectivity index (χ1v) is 7.08. The van der Waals surface area contributed by atoms with Crippen LogP contribution in [-0.2, 0) is 0 Å². The molecule has 0 aliphatic rings. The number of pyridine rings is 1. The summed E-state index contributed by atoms with van der Waals surface area (Å²) in [5.41, 5.74) is 1.30. The maximum absolute atomic E-state index is 12.1. The molecule has 3 nitrogen and oxygen atoms in total. The largest absolute Gasteiger partial charge is 0.351 e. The molecule has 0 spiro atoms. The van der Waals surface area contributed by atoms with Gasteiger partial charge >= 0.3 is 0 Å². The number of amides is 1. The smallest absolute Gasteiger partial charge is 0.269 e. The molecular formula is C16H19ClN2O. The molecule has 0 atom stereocenters. The zero-order valence-electron chi connectivity index (χ0n) is 12.0. The summed E-state index contributed by atoms with van der Waals surface area (Å²) in [6.45, 7) is 7.06. The second-order valence-corrected chi connectivity index (χ2v) is 6.48. The number of benzene rings is 1. The van der Waals surface area contributed by atoms with E-state index in [4.69, 9.17) is 11.6 Å². The Morgan fingerprint density at radius 2 is 2.00 bits per heavy atom. The summed E-state index contributed by atoms with van der Waals surface area (Å²) < 4.78 is 0. The van der Waals surface area contributed by atoms with Crippen molar-refractivity contribution >= 4 is 28.4 Å². The first kappa shape index (κ1) is 14.8. The van der Waals surface area contributed by atoms with Gasteiger partial charge in [0.1, 0.15) is 5.69 Å². The highest BCUT2D eigenvalue weighted by Gasteiger charge is 2.13. The molecular weight excluding hydrogens is 272 g/mol. The lowest BCUT2D eigenvalue weighted by Gasteiger charge is -2.18. The third-order valence-corrected chi connectivity index (χ3v) is 3.37. The molecule has 20 heavy (non-hydrogen) atoms. The summed E-state index contributed by atoms with van der Waals surface area (Å²) in [6.07, 6.45) is 0.917. The summed E-state index contributed by atoms with van der Waals surface area (Å²) in [7, 11) is 0. The molecule has 1 aromatic carbocycles. The van der Waals surface area contributed by atoms with Crippen molar-refractivity contribution in [3.05, 3.63) is 41.0 Å². The van der Waals surface area contributed by atoms with Crippen molar-refractivity contribution in [2.24, 2.45) is 5.41 Å². The molecule has 0 saturated heterocycles. The van der Waals surface area contributed by atoms with Gasteiger partial charge in [-0.15, -0.1) is 0 Å². The van der Waals surface area contributed by atoms with Crippen LogP contribution in [0.15, 0.2) is 30.3 Å². The van der Waals surface area contributed by atoms with Crippen LogP contribution in [0.25, 0.3) is 10.9 Å². The highest BCUT2D eigenvalue weighted by Crippen LogP contribution is 2.23. The molecule has 0 fully saturated rings. The fraction of sp³-hybridized carbons (Fsp3) is 0.375. The minimum Gasteiger partial charge on any atom is -0.351 e. The molecule has 2 rings (SSSR count). The molecule has 0 aliphatic carbocycles. The Balaban J connectivity index is 2.14. The third kappa shape index (κ3) is 3.70. The van der Waals surface area contributed by atoms with Crippen LogP contribution in [0.2, 0.25) is 5.02 Å². The fourth-order valence-electron chi connectivity index (χ4n) is 1.89. The van der Waals surface area contributed by atoms with Gasteiger partial charge in [0.25, 0.3) is 5.91 Å². The van der Waals surface area contributed by atoms with Gasteiger partial charge in [-0.1, -0.05) is 50.6 Å². The van der Waals surface area contributed by atoms with Crippen molar-refractivity contribution in [2.45, 2.75) is 27.2 Å². The minimum absolute atomic E-state index is 0.179. The number of fused-ring (bicyclic) bond motifs is 1. The molecule has 0 saturated carbocycles. The average Bonchev–Trinajstić information content (AvgIpc) is 2.37. The predicted octanol–water partition coefficient (Wildman–Crippen LogP) is 4.05. The van der Waals surface area contributed by atoms with Gasteiger partial charge in [0, 0.05) is 11.9 Å². The molecule has 1 aromatic heterocycles. The van der Waals surface area contributed by atoms with Crippen LogP contribution >= 0.6 is 11.6 Å². The zero-order valence-corrected chi connectivity index (χ0v) is 12.8. The summed E-state index contributed by atoms with van der Waals surface area (Å²) in [5.74, 6) is -0.179. The molecule has 0 radical (unpaired) electrons. The molecule has 1 amide bonds. The third-order valence-electron chi connectivity index (χ3n) is 3.06. The second-order valence-electron chi connectivity index (χ2n) is 6.07. The first-order chi connectivity index (χ1) is 9.37. The fourth-order valence-corrected chi connectivity index (χ4v) is 2.15. The standard InChI is InChI=1S/C16H19ClN2O/c1-16(2,3)8-9-18-15(20)14-10-12(17)11-6-4-5-7-13(11)19-14/h4-7,10H,8-9H2,1-3H3,(H,18,20). The van der Waals surface area contributed by atoms with Gasteiger partial charge in [0.15, 0.2) is 0 Å². The number of carbonyl (C=O) groups excluding carboxylic acids is 1. The van der Waals surface area contributed by atoms with E-state index in [9.17, 15) is 4.79 Å². The molecule has 0 unspecified atom stereocenters. The van der Waals surface area contributed by atoms with Gasteiger partial charge in [-0.2, -0.15) is 0 Å². The Bertz CT molecular complexity index is 632. The van der Waals surface area contributed by atoms with Crippen LogP contribution in [0, 0.1) is 5.41 Å². The van der Waals surface area contributed by atoms with Gasteiger partial charge < -0.3 is 5.32 Å². The highest BCUT2D eigenvalue weighted by atomic mass is 35.5. The van der Waals surface area contributed by atoms with Crippen molar-refractivity contribution in [3.8, 4) is 0 Å². The summed E-state index contributed by atoms with van der Waals surface area (Å²) in [6, 6.07) is 9.15. The maximum atomic E-state index is 12.1. The normalized spacial score (nSPS) is 11.6. The van der Waals surface area contributed by atoms with E-state index in [0.717, 1.165) is 17.3 Å². The topological polar surface area (TPSA) is 42.0 Å². The van der Waals surface area contributed by atoms with Crippen LogP contribution in [0.1, 0.15) is 37.7 Å². The van der Waals surface area contributed by atoms with Gasteiger partial charge in [-0.25, -0.2) is 4.98 Å². The van der Waals surface area contributed by atoms with Gasteiger partial charge in [-0.3, -0.25) is 4.79 Å². The average molecular weight is 291 g/mol. The number of hydrogen-bond acceptors (Lipinski definition) is 2. The van der Waals surface area contributed by atoms with Crippen molar-refractivity contribution in [3.63, 3.8) is 0 Å². The van der Waals surface area contributed by atoms with Crippen LogP contribution in [0.3, 0.4) is 0 Å². The Labute approximate surface area is 124 Å². The Kier molecular flexibility index (Phi) is 4.29. The van der Waals surface area contributed by atoms with Gasteiger partial charge in [0.2, 0.25) is 0 Å². The molecule has 2 aromatic rings. The van der Waals surface area contributed by atoms with E-state index >= 15 is 0 Å². The number of nitrogens with zero attached hydrogens (tertiary/aromatic N) is 1. The molecule has 4 heteroatoms. The summed E-state index contributed by atoms with van der Waals surface area (Å²) in [5, 5.41) is 4.30. The van der Waals surface area contributed by atoms with Gasteiger partial charge in [0.05, 0.1) is 10.5 Å². The monoisotopic (exact) mass is 290 g/mol. The van der Waals surface area contributed by atoms with E-state index in [1.807, 2.05) is 24.3 Å². The van der Waals surface area contributed by atoms with Crippen molar-refractivity contribution in [1.29, 1.82) is 0 Å². The molecule has 106 valence electrons. The van der Waals surface area contributed by atoms with E-state index < -0.39 is 0 Å². The van der Waals surface area contributed by atoms with Crippen molar-refractivity contribution < 1.29 is 4.79 Å². The number of nitrogens with one attached hydrogen (secondary N) is 1. The SMILES string of the molecule is CC(C)(C)CCNC(=O)c1cc(Cl)c2ccccc2n1. The quantitative estimate of drug-likeness (QED) is 0.926. The number of hydrogen-bond donors (Lipinski definition) is 1. The maximum Gasteiger partial charge on any atom is 0.269 e. The number of halogens is 1. The lowest BCUT2D eigenvalue weighted by atomic mass is 9.92. The lowest BCUT2D eigenvalue weighted by molar-refractivity contribution is 0.0945.